The van der Waals surface area contributed by atoms with Crippen molar-refractivity contribution >= 4 is 23.5 Å². The van der Waals surface area contributed by atoms with Gasteiger partial charge in [-0.1, -0.05) is 12.1 Å². The van der Waals surface area contributed by atoms with Crippen LogP contribution in [-0.4, -0.2) is 34.4 Å². The first-order chi connectivity index (χ1) is 13.9. The Morgan fingerprint density at radius 1 is 1.28 bits per heavy atom. The molecule has 29 heavy (non-hydrogen) atoms. The molecule has 1 fully saturated rings. The summed E-state index contributed by atoms with van der Waals surface area (Å²) in [6.45, 7) is 5.00. The molecule has 1 aromatic carbocycles. The fourth-order valence-electron chi connectivity index (χ4n) is 2.92. The summed E-state index contributed by atoms with van der Waals surface area (Å²) in [4.78, 5) is 37.1. The highest BCUT2D eigenvalue weighted by Gasteiger charge is 2.20. The lowest BCUT2D eigenvalue weighted by Gasteiger charge is -2.26. The quantitative estimate of drug-likeness (QED) is 0.671. The number of nitrogen functional groups attached to an aromatic ring is 1. The average molecular weight is 400 g/mol. The standard InChI is InChI=1S/C20H24N4O5/c1-3-23-18(21)17(19(26)24(4-2)20(23)27)22-16(25)9-8-13-6-5-7-14(10-13)29-15-11-28-12-15/h5-10,15H,3-4,11-12,21H2,1-2H3,(H,22,25)/b9-8+. The van der Waals surface area contributed by atoms with Crippen LogP contribution in [0.4, 0.5) is 11.5 Å². The van der Waals surface area contributed by atoms with Crippen LogP contribution in [0.2, 0.25) is 0 Å². The zero-order valence-corrected chi connectivity index (χ0v) is 16.4. The van der Waals surface area contributed by atoms with Crippen molar-refractivity contribution < 1.29 is 14.3 Å². The van der Waals surface area contributed by atoms with Crippen LogP contribution in [0.1, 0.15) is 19.4 Å². The SMILES string of the molecule is CCn1c(N)c(NC(=O)/C=C/c2cccc(OC3COC3)c2)c(=O)n(CC)c1=O. The number of carbonyl (C=O) groups is 1. The van der Waals surface area contributed by atoms with E-state index in [-0.39, 0.29) is 30.7 Å². The summed E-state index contributed by atoms with van der Waals surface area (Å²) in [5.74, 6) is 0.0921. The lowest BCUT2D eigenvalue weighted by molar-refractivity contribution is -0.111. The van der Waals surface area contributed by atoms with E-state index in [4.69, 9.17) is 15.2 Å². The zero-order chi connectivity index (χ0) is 21.0. The molecule has 3 rings (SSSR count). The summed E-state index contributed by atoms with van der Waals surface area (Å²) >= 11 is 0. The Hall–Kier alpha value is -3.33. The number of carbonyl (C=O) groups excluding carboxylic acids is 1. The van der Waals surface area contributed by atoms with E-state index in [0.717, 1.165) is 10.1 Å². The minimum Gasteiger partial charge on any atom is -0.486 e. The molecule has 0 radical (unpaired) electrons. The molecule has 154 valence electrons. The molecule has 1 amide bonds. The summed E-state index contributed by atoms with van der Waals surface area (Å²) in [5.41, 5.74) is 5.47. The van der Waals surface area contributed by atoms with E-state index in [9.17, 15) is 14.4 Å². The molecule has 9 heteroatoms. The van der Waals surface area contributed by atoms with Gasteiger partial charge >= 0.3 is 5.69 Å². The zero-order valence-electron chi connectivity index (χ0n) is 16.4. The molecule has 2 aromatic rings. The fraction of sp³-hybridized carbons (Fsp3) is 0.350. The third-order valence-electron chi connectivity index (χ3n) is 4.54. The molecule has 0 atom stereocenters. The van der Waals surface area contributed by atoms with Crippen molar-refractivity contribution in [1.82, 2.24) is 9.13 Å². The van der Waals surface area contributed by atoms with Crippen molar-refractivity contribution in [3.8, 4) is 5.75 Å². The number of hydrogen-bond donors (Lipinski definition) is 2. The molecule has 1 aliphatic rings. The number of anilines is 2. The second kappa shape index (κ2) is 8.78. The number of nitrogens with zero attached hydrogens (tertiary/aromatic N) is 2. The molecule has 1 aromatic heterocycles. The van der Waals surface area contributed by atoms with E-state index < -0.39 is 17.2 Å². The van der Waals surface area contributed by atoms with Crippen LogP contribution < -0.4 is 27.0 Å². The van der Waals surface area contributed by atoms with Crippen LogP contribution >= 0.6 is 0 Å². The monoisotopic (exact) mass is 400 g/mol. The lowest BCUT2D eigenvalue weighted by atomic mass is 10.2. The van der Waals surface area contributed by atoms with Gasteiger partial charge in [0.15, 0.2) is 0 Å². The highest BCUT2D eigenvalue weighted by atomic mass is 16.6. The Bertz CT molecular complexity index is 1050. The maximum Gasteiger partial charge on any atom is 0.332 e. The highest BCUT2D eigenvalue weighted by molar-refractivity contribution is 6.03. The molecule has 0 spiro atoms. The van der Waals surface area contributed by atoms with Crippen molar-refractivity contribution in [2.75, 3.05) is 24.3 Å². The number of hydrogen-bond acceptors (Lipinski definition) is 6. The number of aromatic nitrogens is 2. The number of nitrogens with one attached hydrogen (secondary N) is 1. The van der Waals surface area contributed by atoms with E-state index in [0.29, 0.717) is 19.0 Å². The molecule has 1 saturated heterocycles. The number of nitrogens with two attached hydrogens (primary N) is 1. The first kappa shape index (κ1) is 20.4. The van der Waals surface area contributed by atoms with Gasteiger partial charge in [0.1, 0.15) is 23.4 Å². The topological polar surface area (TPSA) is 118 Å². The van der Waals surface area contributed by atoms with Crippen LogP contribution in [0.25, 0.3) is 6.08 Å². The lowest BCUT2D eigenvalue weighted by Crippen LogP contribution is -2.42. The summed E-state index contributed by atoms with van der Waals surface area (Å²) in [6, 6.07) is 7.28. The molecular weight excluding hydrogens is 376 g/mol. The summed E-state index contributed by atoms with van der Waals surface area (Å²) < 4.78 is 13.1. The molecule has 0 unspecified atom stereocenters. The van der Waals surface area contributed by atoms with Crippen molar-refractivity contribution in [1.29, 1.82) is 0 Å². The van der Waals surface area contributed by atoms with Gasteiger partial charge < -0.3 is 20.5 Å². The molecule has 0 aliphatic carbocycles. The average Bonchev–Trinajstić information content (AvgIpc) is 2.67. The predicted molar refractivity (Wildman–Crippen MR) is 110 cm³/mol. The van der Waals surface area contributed by atoms with Crippen molar-refractivity contribution in [2.24, 2.45) is 0 Å². The first-order valence-electron chi connectivity index (χ1n) is 9.41. The Balaban J connectivity index is 1.78. The second-order valence-corrected chi connectivity index (χ2v) is 6.51. The van der Waals surface area contributed by atoms with E-state index in [2.05, 4.69) is 5.32 Å². The first-order valence-corrected chi connectivity index (χ1v) is 9.41. The molecule has 0 bridgehead atoms. The molecular formula is C20H24N4O5. The maximum atomic E-state index is 12.5. The van der Waals surface area contributed by atoms with Gasteiger partial charge in [-0.25, -0.2) is 4.79 Å². The third-order valence-corrected chi connectivity index (χ3v) is 4.54. The second-order valence-electron chi connectivity index (χ2n) is 6.51. The van der Waals surface area contributed by atoms with Gasteiger partial charge in [-0.3, -0.25) is 18.7 Å². The van der Waals surface area contributed by atoms with Crippen LogP contribution in [0.15, 0.2) is 39.9 Å². The van der Waals surface area contributed by atoms with E-state index in [1.807, 2.05) is 18.2 Å². The largest absolute Gasteiger partial charge is 0.486 e. The van der Waals surface area contributed by atoms with Gasteiger partial charge in [0, 0.05) is 19.2 Å². The third kappa shape index (κ3) is 4.40. The maximum absolute atomic E-state index is 12.5. The Kier molecular flexibility index (Phi) is 6.18. The minimum atomic E-state index is -0.625. The number of rotatable bonds is 7. The van der Waals surface area contributed by atoms with Gasteiger partial charge in [-0.05, 0) is 37.6 Å². The Labute approximate surface area is 167 Å². The fourth-order valence-corrected chi connectivity index (χ4v) is 2.92. The van der Waals surface area contributed by atoms with Gasteiger partial charge in [0.05, 0.1) is 13.2 Å². The smallest absolute Gasteiger partial charge is 0.332 e. The van der Waals surface area contributed by atoms with Gasteiger partial charge in [0.25, 0.3) is 5.56 Å². The molecule has 9 nitrogen and oxygen atoms in total. The Morgan fingerprint density at radius 3 is 2.62 bits per heavy atom. The van der Waals surface area contributed by atoms with Crippen molar-refractivity contribution in [2.45, 2.75) is 33.0 Å². The molecule has 2 heterocycles. The van der Waals surface area contributed by atoms with Crippen LogP contribution in [-0.2, 0) is 22.6 Å². The van der Waals surface area contributed by atoms with Gasteiger partial charge in [-0.2, -0.15) is 0 Å². The van der Waals surface area contributed by atoms with E-state index in [1.165, 1.54) is 10.6 Å². The molecule has 1 aliphatic heterocycles. The van der Waals surface area contributed by atoms with E-state index in [1.54, 1.807) is 26.0 Å². The number of amides is 1. The highest BCUT2D eigenvalue weighted by Crippen LogP contribution is 2.18. The van der Waals surface area contributed by atoms with Gasteiger partial charge in [-0.15, -0.1) is 0 Å². The summed E-state index contributed by atoms with van der Waals surface area (Å²) in [5, 5.41) is 2.50. The van der Waals surface area contributed by atoms with Crippen molar-refractivity contribution in [3.63, 3.8) is 0 Å². The normalized spacial score (nSPS) is 14.0. The minimum absolute atomic E-state index is 0.0514. The van der Waals surface area contributed by atoms with Crippen LogP contribution in [0, 0.1) is 0 Å². The van der Waals surface area contributed by atoms with Crippen LogP contribution in [0.5, 0.6) is 5.75 Å². The van der Waals surface area contributed by atoms with E-state index >= 15 is 0 Å². The predicted octanol–water partition coefficient (Wildman–Crippen LogP) is 1.06. The van der Waals surface area contributed by atoms with Crippen molar-refractivity contribution in [3.05, 3.63) is 56.7 Å². The summed E-state index contributed by atoms with van der Waals surface area (Å²) in [6.07, 6.45) is 2.95. The number of benzene rings is 1. The molecule has 0 saturated carbocycles. The Morgan fingerprint density at radius 2 is 2.00 bits per heavy atom. The molecule has 3 N–H and O–H groups in total. The number of ether oxygens (including phenoxy) is 2. The summed E-state index contributed by atoms with van der Waals surface area (Å²) in [7, 11) is 0. The van der Waals surface area contributed by atoms with Gasteiger partial charge in [0.2, 0.25) is 5.91 Å². The van der Waals surface area contributed by atoms with Crippen LogP contribution in [0.3, 0.4) is 0 Å².